The molecule has 0 unspecified atom stereocenters. The molecule has 1 aliphatic carbocycles. The molecule has 2 heterocycles. The minimum absolute atomic E-state index is 0.0407. The molecule has 4 rings (SSSR count). The van der Waals surface area contributed by atoms with E-state index in [-0.39, 0.29) is 23.1 Å². The van der Waals surface area contributed by atoms with Gasteiger partial charge in [0.25, 0.3) is 5.91 Å². The van der Waals surface area contributed by atoms with Crippen LogP contribution in [0, 0.1) is 24.2 Å². The molecule has 0 bridgehead atoms. The molecule has 2 aromatic heterocycles. The molecule has 1 aliphatic rings. The highest BCUT2D eigenvalue weighted by atomic mass is 19.4. The van der Waals surface area contributed by atoms with E-state index in [4.69, 9.17) is 0 Å². The van der Waals surface area contributed by atoms with Crippen LogP contribution in [-0.2, 0) is 4.79 Å². The van der Waals surface area contributed by atoms with Gasteiger partial charge in [-0.05, 0) is 55.0 Å². The first-order valence-electron chi connectivity index (χ1n) is 13.0. The maximum Gasteiger partial charge on any atom is 0.394 e. The summed E-state index contributed by atoms with van der Waals surface area (Å²) in [5.41, 5.74) is -0.808. The number of aryl methyl sites for hydroxylation is 1. The van der Waals surface area contributed by atoms with Crippen molar-refractivity contribution in [2.24, 2.45) is 17.3 Å². The fraction of sp³-hybridized carbons (Fsp3) is 0.577. The van der Waals surface area contributed by atoms with Crippen molar-refractivity contribution in [1.82, 2.24) is 30.9 Å². The van der Waals surface area contributed by atoms with Gasteiger partial charge in [-0.15, -0.1) is 0 Å². The largest absolute Gasteiger partial charge is 0.394 e. The molecule has 1 aromatic carbocycles. The minimum Gasteiger partial charge on any atom is -0.349 e. The zero-order chi connectivity index (χ0) is 30.3. The van der Waals surface area contributed by atoms with Crippen LogP contribution in [0.2, 0.25) is 0 Å². The van der Waals surface area contributed by atoms with Crippen LogP contribution in [-0.4, -0.2) is 44.4 Å². The number of fused-ring (bicyclic) bond motifs is 1. The predicted octanol–water partition coefficient (Wildman–Crippen LogP) is 5.86. The van der Waals surface area contributed by atoms with Crippen molar-refractivity contribution in [2.75, 3.05) is 0 Å². The van der Waals surface area contributed by atoms with Gasteiger partial charge in [0.1, 0.15) is 11.5 Å². The number of halogens is 6. The molecule has 224 valence electrons. The SMILES string of the molecule is Cc1nonc1C(=O)N[C@@H](CC(C)(C)C(F)(F)F)c1nc2ccc([C@H](NC(=O)C[C@H](C)C(F)(F)F)C3CC3)cc2[nH]1. The van der Waals surface area contributed by atoms with Crippen LogP contribution in [0.15, 0.2) is 22.8 Å². The average Bonchev–Trinajstić information content (AvgIpc) is 3.45. The van der Waals surface area contributed by atoms with Crippen LogP contribution in [0.4, 0.5) is 26.3 Å². The first-order chi connectivity index (χ1) is 19.0. The summed E-state index contributed by atoms with van der Waals surface area (Å²) in [6, 6.07) is 3.17. The van der Waals surface area contributed by atoms with Crippen molar-refractivity contribution in [3.63, 3.8) is 0 Å². The number of imidazole rings is 1. The second kappa shape index (κ2) is 11.0. The standard InChI is InChI=1S/C26H30F6N6O3/c1-12(25(27,28)29)9-19(39)36-21(14-5-6-14)15-7-8-16-17(10-15)34-22(33-16)18(11-24(3,4)26(30,31)32)35-23(40)20-13(2)37-41-38-20/h7-8,10,12,14,18,21H,5-6,9,11H2,1-4H3,(H,33,34)(H,35,40)(H,36,39)/t12-,18-,21+/m0/s1. The van der Waals surface area contributed by atoms with E-state index in [1.807, 2.05) is 0 Å². The number of hydrogen-bond acceptors (Lipinski definition) is 6. The number of carbonyl (C=O) groups excluding carboxylic acids is 2. The third-order valence-corrected chi connectivity index (χ3v) is 7.33. The molecular formula is C26H30F6N6O3. The van der Waals surface area contributed by atoms with Gasteiger partial charge in [-0.2, -0.15) is 26.3 Å². The van der Waals surface area contributed by atoms with Gasteiger partial charge in [-0.1, -0.05) is 32.0 Å². The Morgan fingerprint density at radius 1 is 1.10 bits per heavy atom. The highest BCUT2D eigenvalue weighted by Crippen LogP contribution is 2.44. The lowest BCUT2D eigenvalue weighted by Gasteiger charge is -2.31. The van der Waals surface area contributed by atoms with Crippen LogP contribution in [0.1, 0.15) is 86.1 Å². The number of nitrogens with zero attached hydrogens (tertiary/aromatic N) is 3. The molecule has 41 heavy (non-hydrogen) atoms. The Balaban J connectivity index is 1.61. The van der Waals surface area contributed by atoms with Gasteiger partial charge in [0.2, 0.25) is 5.91 Å². The molecule has 0 spiro atoms. The zero-order valence-electron chi connectivity index (χ0n) is 22.7. The summed E-state index contributed by atoms with van der Waals surface area (Å²) in [4.78, 5) is 32.6. The fourth-order valence-corrected chi connectivity index (χ4v) is 4.44. The Bertz CT molecular complexity index is 1410. The Labute approximate surface area is 230 Å². The van der Waals surface area contributed by atoms with Gasteiger partial charge in [-0.3, -0.25) is 9.59 Å². The molecule has 1 fully saturated rings. The van der Waals surface area contributed by atoms with Crippen molar-refractivity contribution < 1.29 is 40.6 Å². The third-order valence-electron chi connectivity index (χ3n) is 7.33. The van der Waals surface area contributed by atoms with Crippen LogP contribution >= 0.6 is 0 Å². The number of rotatable bonds is 10. The van der Waals surface area contributed by atoms with E-state index in [0.717, 1.165) is 33.6 Å². The molecule has 1 saturated carbocycles. The summed E-state index contributed by atoms with van der Waals surface area (Å²) in [5, 5.41) is 12.3. The minimum atomic E-state index is -4.58. The van der Waals surface area contributed by atoms with E-state index in [0.29, 0.717) is 16.6 Å². The summed E-state index contributed by atoms with van der Waals surface area (Å²) in [7, 11) is 0. The zero-order valence-corrected chi connectivity index (χ0v) is 22.7. The second-order valence-corrected chi connectivity index (χ2v) is 11.2. The summed E-state index contributed by atoms with van der Waals surface area (Å²) in [6.45, 7) is 4.43. The molecule has 0 saturated heterocycles. The van der Waals surface area contributed by atoms with Gasteiger partial charge in [0.15, 0.2) is 5.69 Å². The van der Waals surface area contributed by atoms with Crippen molar-refractivity contribution >= 4 is 22.8 Å². The van der Waals surface area contributed by atoms with E-state index in [1.165, 1.54) is 6.92 Å². The van der Waals surface area contributed by atoms with Crippen LogP contribution in [0.3, 0.4) is 0 Å². The maximum absolute atomic E-state index is 13.8. The number of hydrogen-bond donors (Lipinski definition) is 3. The average molecular weight is 589 g/mol. The first kappa shape index (κ1) is 30.3. The first-order valence-corrected chi connectivity index (χ1v) is 13.0. The normalized spacial score (nSPS) is 16.8. The third kappa shape index (κ3) is 6.99. The number of benzene rings is 1. The van der Waals surface area contributed by atoms with Gasteiger partial charge >= 0.3 is 12.4 Å². The number of nitrogens with one attached hydrogen (secondary N) is 3. The van der Waals surface area contributed by atoms with Gasteiger partial charge in [0, 0.05) is 6.42 Å². The van der Waals surface area contributed by atoms with Crippen molar-refractivity contribution in [2.45, 2.75) is 77.8 Å². The number of aromatic amines is 1. The monoisotopic (exact) mass is 588 g/mol. The van der Waals surface area contributed by atoms with Crippen molar-refractivity contribution in [3.8, 4) is 0 Å². The highest BCUT2D eigenvalue weighted by Gasteiger charge is 2.49. The number of carbonyl (C=O) groups is 2. The smallest absolute Gasteiger partial charge is 0.349 e. The molecule has 3 N–H and O–H groups in total. The fourth-order valence-electron chi connectivity index (χ4n) is 4.44. The van der Waals surface area contributed by atoms with E-state index >= 15 is 0 Å². The summed E-state index contributed by atoms with van der Waals surface area (Å²) < 4.78 is 84.7. The molecule has 3 aromatic rings. The molecule has 15 heteroatoms. The summed E-state index contributed by atoms with van der Waals surface area (Å²) >= 11 is 0. The van der Waals surface area contributed by atoms with E-state index in [2.05, 4.69) is 35.5 Å². The maximum atomic E-state index is 13.8. The van der Waals surface area contributed by atoms with E-state index in [9.17, 15) is 35.9 Å². The number of amides is 2. The Morgan fingerprint density at radius 3 is 2.34 bits per heavy atom. The van der Waals surface area contributed by atoms with Crippen LogP contribution in [0.25, 0.3) is 11.0 Å². The summed E-state index contributed by atoms with van der Waals surface area (Å²) in [5.74, 6) is -3.23. The Kier molecular flexibility index (Phi) is 8.11. The van der Waals surface area contributed by atoms with Crippen molar-refractivity contribution in [3.05, 3.63) is 41.0 Å². The molecule has 0 radical (unpaired) electrons. The Hall–Kier alpha value is -3.65. The molecule has 0 aliphatic heterocycles. The van der Waals surface area contributed by atoms with E-state index in [1.54, 1.807) is 18.2 Å². The molecule has 3 atom stereocenters. The summed E-state index contributed by atoms with van der Waals surface area (Å²) in [6.07, 6.45) is -8.78. The van der Waals surface area contributed by atoms with Crippen molar-refractivity contribution in [1.29, 1.82) is 0 Å². The Morgan fingerprint density at radius 2 is 1.78 bits per heavy atom. The quantitative estimate of drug-likeness (QED) is 0.255. The lowest BCUT2D eigenvalue weighted by molar-refractivity contribution is -0.215. The second-order valence-electron chi connectivity index (χ2n) is 11.2. The highest BCUT2D eigenvalue weighted by molar-refractivity contribution is 5.93. The van der Waals surface area contributed by atoms with Gasteiger partial charge in [-0.25, -0.2) is 9.61 Å². The molecule has 2 amide bonds. The lowest BCUT2D eigenvalue weighted by atomic mass is 9.84. The van der Waals surface area contributed by atoms with Gasteiger partial charge < -0.3 is 15.6 Å². The van der Waals surface area contributed by atoms with Gasteiger partial charge in [0.05, 0.1) is 34.4 Å². The lowest BCUT2D eigenvalue weighted by Crippen LogP contribution is -2.39. The predicted molar refractivity (Wildman–Crippen MR) is 133 cm³/mol. The molecular weight excluding hydrogens is 558 g/mol. The molecule has 9 nitrogen and oxygen atoms in total. The van der Waals surface area contributed by atoms with E-state index < -0.39 is 60.4 Å². The van der Waals surface area contributed by atoms with Crippen LogP contribution < -0.4 is 10.6 Å². The number of alkyl halides is 6. The topological polar surface area (TPSA) is 126 Å². The number of aromatic nitrogens is 4. The van der Waals surface area contributed by atoms with Crippen LogP contribution in [0.5, 0.6) is 0 Å². The number of H-pyrrole nitrogens is 1.